The van der Waals surface area contributed by atoms with Gasteiger partial charge in [0.25, 0.3) is 0 Å². The first-order chi connectivity index (χ1) is 9.97. The molecule has 0 aromatic heterocycles. The van der Waals surface area contributed by atoms with Gasteiger partial charge in [-0.05, 0) is 29.5 Å². The normalized spacial score (nSPS) is 18.6. The third kappa shape index (κ3) is 4.63. The summed E-state index contributed by atoms with van der Waals surface area (Å²) in [6.07, 6.45) is 5.30. The Kier molecular flexibility index (Phi) is 5.96. The lowest BCUT2D eigenvalue weighted by molar-refractivity contribution is -0.139. The number of aliphatic carboxylic acids is 1. The molecule has 0 bridgehead atoms. The molecule has 0 radical (unpaired) electrons. The first kappa shape index (κ1) is 16.6. The molecule has 0 amide bonds. The van der Waals surface area contributed by atoms with Crippen molar-refractivity contribution in [1.29, 1.82) is 0 Å². The molecule has 0 saturated heterocycles. The topological polar surface area (TPSA) is 74.6 Å². The maximum atomic E-state index is 11.6. The predicted octanol–water partition coefficient (Wildman–Crippen LogP) is 3.92. The molecule has 1 aromatic carbocycles. The van der Waals surface area contributed by atoms with E-state index in [9.17, 15) is 14.1 Å². The predicted molar refractivity (Wildman–Crippen MR) is 85.6 cm³/mol. The van der Waals surface area contributed by atoms with Crippen molar-refractivity contribution in [3.8, 4) is 0 Å². The van der Waals surface area contributed by atoms with Crippen molar-refractivity contribution in [2.45, 2.75) is 43.8 Å². The standard InChI is InChI=1S/C15H19BrO4S/c16-14-8-11(5-6-12(14)9-21(19)20)13(15(17)18)7-10-3-1-2-4-10/h5-6,8,10,13H,1-4,7,9H2,(H,17,18)(H,19,20). The minimum atomic E-state index is -1.90. The average molecular weight is 375 g/mol. The van der Waals surface area contributed by atoms with E-state index in [1.54, 1.807) is 18.2 Å². The second-order valence-corrected chi connectivity index (χ2v) is 7.38. The minimum Gasteiger partial charge on any atom is -0.481 e. The van der Waals surface area contributed by atoms with Gasteiger partial charge >= 0.3 is 5.97 Å². The fourth-order valence-corrected chi connectivity index (χ4v) is 4.23. The SMILES string of the molecule is O=C(O)C(CC1CCCC1)c1ccc(CS(=O)O)c(Br)c1. The molecule has 2 unspecified atom stereocenters. The molecule has 2 N–H and O–H groups in total. The molecule has 116 valence electrons. The summed E-state index contributed by atoms with van der Waals surface area (Å²) in [6.45, 7) is 0. The van der Waals surface area contributed by atoms with Gasteiger partial charge in [0.05, 0.1) is 11.7 Å². The van der Waals surface area contributed by atoms with Crippen LogP contribution in [0, 0.1) is 5.92 Å². The highest BCUT2D eigenvalue weighted by Crippen LogP contribution is 2.35. The number of rotatable bonds is 6. The molecule has 0 aliphatic heterocycles. The number of halogens is 1. The van der Waals surface area contributed by atoms with Crippen LogP contribution in [0.1, 0.15) is 49.1 Å². The fraction of sp³-hybridized carbons (Fsp3) is 0.533. The fourth-order valence-electron chi connectivity index (χ4n) is 2.99. The van der Waals surface area contributed by atoms with E-state index >= 15 is 0 Å². The van der Waals surface area contributed by atoms with Crippen LogP contribution in [0.5, 0.6) is 0 Å². The molecule has 1 aliphatic carbocycles. The lowest BCUT2D eigenvalue weighted by Crippen LogP contribution is -2.15. The van der Waals surface area contributed by atoms with Gasteiger partial charge in [-0.15, -0.1) is 0 Å². The average Bonchev–Trinajstić information content (AvgIpc) is 2.90. The van der Waals surface area contributed by atoms with Crippen molar-refractivity contribution in [2.75, 3.05) is 0 Å². The first-order valence-electron chi connectivity index (χ1n) is 7.06. The van der Waals surface area contributed by atoms with E-state index in [1.165, 1.54) is 12.8 Å². The highest BCUT2D eigenvalue weighted by molar-refractivity contribution is 9.10. The van der Waals surface area contributed by atoms with Crippen LogP contribution < -0.4 is 0 Å². The van der Waals surface area contributed by atoms with Gasteiger partial charge in [0.15, 0.2) is 11.1 Å². The Morgan fingerprint density at radius 2 is 2.05 bits per heavy atom. The Labute approximate surface area is 135 Å². The van der Waals surface area contributed by atoms with Crippen LogP contribution in [0.2, 0.25) is 0 Å². The van der Waals surface area contributed by atoms with Crippen molar-refractivity contribution in [2.24, 2.45) is 5.92 Å². The van der Waals surface area contributed by atoms with Crippen molar-refractivity contribution >= 4 is 33.0 Å². The molecule has 2 rings (SSSR count). The van der Waals surface area contributed by atoms with E-state index < -0.39 is 23.0 Å². The van der Waals surface area contributed by atoms with Crippen LogP contribution >= 0.6 is 15.9 Å². The number of hydrogen-bond acceptors (Lipinski definition) is 2. The Morgan fingerprint density at radius 1 is 1.38 bits per heavy atom. The quantitative estimate of drug-likeness (QED) is 0.739. The van der Waals surface area contributed by atoms with Crippen LogP contribution in [0.25, 0.3) is 0 Å². The van der Waals surface area contributed by atoms with Crippen molar-refractivity contribution < 1.29 is 18.7 Å². The Morgan fingerprint density at radius 3 is 2.57 bits per heavy atom. The highest BCUT2D eigenvalue weighted by Gasteiger charge is 2.26. The molecule has 6 heteroatoms. The highest BCUT2D eigenvalue weighted by atomic mass is 79.9. The summed E-state index contributed by atoms with van der Waals surface area (Å²) < 4.78 is 20.5. The van der Waals surface area contributed by atoms with E-state index in [-0.39, 0.29) is 5.75 Å². The van der Waals surface area contributed by atoms with Gasteiger partial charge in [-0.3, -0.25) is 4.79 Å². The van der Waals surface area contributed by atoms with Crippen LogP contribution in [-0.2, 0) is 21.6 Å². The van der Waals surface area contributed by atoms with Gasteiger partial charge in [-0.1, -0.05) is 53.7 Å². The van der Waals surface area contributed by atoms with E-state index in [1.807, 2.05) is 0 Å². The van der Waals surface area contributed by atoms with Crippen LogP contribution in [0.4, 0.5) is 0 Å². The summed E-state index contributed by atoms with van der Waals surface area (Å²) in [4.78, 5) is 11.6. The van der Waals surface area contributed by atoms with Gasteiger partial charge < -0.3 is 9.66 Å². The smallest absolute Gasteiger partial charge is 0.310 e. The van der Waals surface area contributed by atoms with E-state index in [4.69, 9.17) is 4.55 Å². The molecule has 1 aliphatic rings. The maximum absolute atomic E-state index is 11.6. The summed E-state index contributed by atoms with van der Waals surface area (Å²) in [6, 6.07) is 5.27. The van der Waals surface area contributed by atoms with E-state index in [0.29, 0.717) is 22.4 Å². The minimum absolute atomic E-state index is 0.0429. The van der Waals surface area contributed by atoms with Crippen molar-refractivity contribution in [3.63, 3.8) is 0 Å². The summed E-state index contributed by atoms with van der Waals surface area (Å²) >= 11 is 1.46. The zero-order valence-corrected chi connectivity index (χ0v) is 14.0. The zero-order chi connectivity index (χ0) is 15.4. The Bertz CT molecular complexity index is 540. The van der Waals surface area contributed by atoms with Crippen LogP contribution in [-0.4, -0.2) is 19.8 Å². The van der Waals surface area contributed by atoms with Gasteiger partial charge in [-0.25, -0.2) is 4.21 Å². The van der Waals surface area contributed by atoms with E-state index in [0.717, 1.165) is 18.4 Å². The number of carbonyl (C=O) groups is 1. The van der Waals surface area contributed by atoms with Gasteiger partial charge in [0.1, 0.15) is 0 Å². The maximum Gasteiger partial charge on any atom is 0.310 e. The summed E-state index contributed by atoms with van der Waals surface area (Å²) in [7, 11) is 0. The number of hydrogen-bond donors (Lipinski definition) is 2. The summed E-state index contributed by atoms with van der Waals surface area (Å²) in [5, 5.41) is 9.49. The molecular formula is C15H19BrO4S. The molecule has 21 heavy (non-hydrogen) atoms. The second-order valence-electron chi connectivity index (χ2n) is 5.59. The van der Waals surface area contributed by atoms with Crippen molar-refractivity contribution in [3.05, 3.63) is 33.8 Å². The number of benzene rings is 1. The largest absolute Gasteiger partial charge is 0.481 e. The lowest BCUT2D eigenvalue weighted by Gasteiger charge is -2.18. The molecular weight excluding hydrogens is 356 g/mol. The lowest BCUT2D eigenvalue weighted by atomic mass is 9.87. The van der Waals surface area contributed by atoms with Crippen molar-refractivity contribution in [1.82, 2.24) is 0 Å². The Balaban J connectivity index is 2.17. The number of carboxylic acids is 1. The summed E-state index contributed by atoms with van der Waals surface area (Å²) in [5.41, 5.74) is 1.47. The molecule has 4 nitrogen and oxygen atoms in total. The van der Waals surface area contributed by atoms with Crippen LogP contribution in [0.15, 0.2) is 22.7 Å². The Hall–Kier alpha value is -0.720. The number of carboxylic acid groups (broad SMARTS) is 1. The van der Waals surface area contributed by atoms with E-state index in [2.05, 4.69) is 15.9 Å². The molecule has 1 saturated carbocycles. The molecule has 1 fully saturated rings. The second kappa shape index (κ2) is 7.51. The van der Waals surface area contributed by atoms with Gasteiger partial charge in [0, 0.05) is 4.47 Å². The molecule has 1 aromatic rings. The van der Waals surface area contributed by atoms with Crippen LogP contribution in [0.3, 0.4) is 0 Å². The first-order valence-corrected chi connectivity index (χ1v) is 9.13. The molecule has 0 spiro atoms. The monoisotopic (exact) mass is 374 g/mol. The zero-order valence-electron chi connectivity index (χ0n) is 11.6. The van der Waals surface area contributed by atoms with Gasteiger partial charge in [0.2, 0.25) is 0 Å². The third-order valence-corrected chi connectivity index (χ3v) is 5.40. The molecule has 0 heterocycles. The molecule has 2 atom stereocenters. The third-order valence-electron chi connectivity index (χ3n) is 4.10. The summed E-state index contributed by atoms with van der Waals surface area (Å²) in [5.74, 6) is -0.763. The van der Waals surface area contributed by atoms with Gasteiger partial charge in [-0.2, -0.15) is 0 Å².